The number of benzene rings is 2. The fourth-order valence-corrected chi connectivity index (χ4v) is 3.74. The summed E-state index contributed by atoms with van der Waals surface area (Å²) in [5.74, 6) is -0.124. The Bertz CT molecular complexity index is 711. The Morgan fingerprint density at radius 2 is 1.84 bits per heavy atom. The van der Waals surface area contributed by atoms with Crippen LogP contribution in [0.15, 0.2) is 47.4 Å². The molecule has 0 radical (unpaired) electrons. The Balaban J connectivity index is 2.40. The van der Waals surface area contributed by atoms with E-state index in [1.807, 2.05) is 6.07 Å². The molecule has 0 atom stereocenters. The minimum Gasteiger partial charge on any atom is -0.398 e. The van der Waals surface area contributed by atoms with Crippen molar-refractivity contribution < 1.29 is 8.42 Å². The van der Waals surface area contributed by atoms with Gasteiger partial charge in [0, 0.05) is 10.7 Å². The number of hydrogen-bond donors (Lipinski definition) is 1. The average molecular weight is 296 g/mol. The SMILES string of the molecule is Cc1ccccc1S(=O)(=O)Cc1ccc(Cl)cc1N. The van der Waals surface area contributed by atoms with E-state index in [1.54, 1.807) is 43.3 Å². The molecule has 0 aliphatic carbocycles. The Morgan fingerprint density at radius 3 is 2.47 bits per heavy atom. The van der Waals surface area contributed by atoms with Crippen molar-refractivity contribution in [1.82, 2.24) is 0 Å². The van der Waals surface area contributed by atoms with Crippen molar-refractivity contribution in [1.29, 1.82) is 0 Å². The molecule has 0 aliphatic rings. The molecule has 0 bridgehead atoms. The van der Waals surface area contributed by atoms with E-state index in [-0.39, 0.29) is 5.75 Å². The summed E-state index contributed by atoms with van der Waals surface area (Å²) in [7, 11) is -3.40. The van der Waals surface area contributed by atoms with Crippen LogP contribution in [0.25, 0.3) is 0 Å². The fraction of sp³-hybridized carbons (Fsp3) is 0.143. The second-order valence-electron chi connectivity index (χ2n) is 4.37. The maximum atomic E-state index is 12.4. The first kappa shape index (κ1) is 13.9. The van der Waals surface area contributed by atoms with Crippen molar-refractivity contribution in [3.8, 4) is 0 Å². The predicted molar refractivity (Wildman–Crippen MR) is 77.9 cm³/mol. The molecular weight excluding hydrogens is 282 g/mol. The lowest BCUT2D eigenvalue weighted by molar-refractivity contribution is 0.594. The largest absolute Gasteiger partial charge is 0.398 e. The van der Waals surface area contributed by atoms with Gasteiger partial charge in [-0.3, -0.25) is 0 Å². The zero-order chi connectivity index (χ0) is 14.0. The van der Waals surface area contributed by atoms with Crippen LogP contribution in [-0.4, -0.2) is 8.42 Å². The Morgan fingerprint density at radius 1 is 1.16 bits per heavy atom. The van der Waals surface area contributed by atoms with Crippen molar-refractivity contribution in [2.24, 2.45) is 0 Å². The highest BCUT2D eigenvalue weighted by Crippen LogP contribution is 2.24. The number of rotatable bonds is 3. The van der Waals surface area contributed by atoms with Gasteiger partial charge in [-0.2, -0.15) is 0 Å². The lowest BCUT2D eigenvalue weighted by Crippen LogP contribution is -2.08. The molecule has 0 amide bonds. The third-order valence-corrected chi connectivity index (χ3v) is 4.94. The summed E-state index contributed by atoms with van der Waals surface area (Å²) >= 11 is 5.80. The molecule has 0 aromatic heterocycles. The van der Waals surface area contributed by atoms with Gasteiger partial charge in [-0.25, -0.2) is 8.42 Å². The number of nitrogen functional groups attached to an aromatic ring is 1. The second kappa shape index (κ2) is 5.23. The van der Waals surface area contributed by atoms with Gasteiger partial charge in [0.1, 0.15) is 0 Å². The number of anilines is 1. The molecule has 3 nitrogen and oxygen atoms in total. The molecule has 2 N–H and O–H groups in total. The van der Waals surface area contributed by atoms with Crippen LogP contribution in [-0.2, 0) is 15.6 Å². The molecular formula is C14H14ClNO2S. The van der Waals surface area contributed by atoms with Crippen molar-refractivity contribution in [3.05, 3.63) is 58.6 Å². The monoisotopic (exact) mass is 295 g/mol. The lowest BCUT2D eigenvalue weighted by atomic mass is 10.2. The molecule has 5 heteroatoms. The van der Waals surface area contributed by atoms with E-state index < -0.39 is 9.84 Å². The van der Waals surface area contributed by atoms with Gasteiger partial charge in [0.15, 0.2) is 9.84 Å². The molecule has 0 spiro atoms. The highest BCUT2D eigenvalue weighted by atomic mass is 35.5. The first-order valence-corrected chi connectivity index (χ1v) is 7.75. The number of sulfone groups is 1. The molecule has 19 heavy (non-hydrogen) atoms. The second-order valence-corrected chi connectivity index (χ2v) is 6.76. The number of halogens is 1. The van der Waals surface area contributed by atoms with Crippen LogP contribution in [0.4, 0.5) is 5.69 Å². The van der Waals surface area contributed by atoms with Gasteiger partial charge in [0.25, 0.3) is 0 Å². The van der Waals surface area contributed by atoms with Crippen molar-refractivity contribution in [2.75, 3.05) is 5.73 Å². The van der Waals surface area contributed by atoms with Gasteiger partial charge in [0.2, 0.25) is 0 Å². The number of hydrogen-bond acceptors (Lipinski definition) is 3. The van der Waals surface area contributed by atoms with E-state index in [9.17, 15) is 8.42 Å². The first-order chi connectivity index (χ1) is 8.90. The average Bonchev–Trinajstić information content (AvgIpc) is 2.33. The molecule has 0 aliphatic heterocycles. The standard InChI is InChI=1S/C14H14ClNO2S/c1-10-4-2-3-5-14(10)19(17,18)9-11-6-7-12(15)8-13(11)16/h2-8H,9,16H2,1H3. The Kier molecular flexibility index (Phi) is 3.83. The maximum Gasteiger partial charge on any atom is 0.182 e. The topological polar surface area (TPSA) is 60.2 Å². The lowest BCUT2D eigenvalue weighted by Gasteiger charge is -2.09. The van der Waals surface area contributed by atoms with Gasteiger partial charge in [-0.05, 0) is 36.2 Å². The van der Waals surface area contributed by atoms with Crippen molar-refractivity contribution >= 4 is 27.1 Å². The van der Waals surface area contributed by atoms with E-state index in [0.717, 1.165) is 5.56 Å². The Hall–Kier alpha value is -1.52. The van der Waals surface area contributed by atoms with Crippen LogP contribution in [0.1, 0.15) is 11.1 Å². The summed E-state index contributed by atoms with van der Waals surface area (Å²) in [6.07, 6.45) is 0. The van der Waals surface area contributed by atoms with Crippen LogP contribution in [0.3, 0.4) is 0 Å². The normalized spacial score (nSPS) is 11.5. The van der Waals surface area contributed by atoms with E-state index in [0.29, 0.717) is 21.2 Å². The van der Waals surface area contributed by atoms with E-state index in [4.69, 9.17) is 17.3 Å². The number of aryl methyl sites for hydroxylation is 1. The molecule has 2 aromatic rings. The third kappa shape index (κ3) is 3.08. The molecule has 0 fully saturated rings. The first-order valence-electron chi connectivity index (χ1n) is 5.72. The zero-order valence-corrected chi connectivity index (χ0v) is 12.0. The summed E-state index contributed by atoms with van der Waals surface area (Å²) in [5.41, 5.74) is 7.48. The molecule has 0 heterocycles. The number of nitrogens with two attached hydrogens (primary N) is 1. The summed E-state index contributed by atoms with van der Waals surface area (Å²) in [4.78, 5) is 0.337. The summed E-state index contributed by atoms with van der Waals surface area (Å²) in [6.45, 7) is 1.78. The van der Waals surface area contributed by atoms with E-state index >= 15 is 0 Å². The van der Waals surface area contributed by atoms with Crippen LogP contribution >= 0.6 is 11.6 Å². The van der Waals surface area contributed by atoms with E-state index in [1.165, 1.54) is 0 Å². The molecule has 100 valence electrons. The summed E-state index contributed by atoms with van der Waals surface area (Å²) in [5, 5.41) is 0.495. The smallest absolute Gasteiger partial charge is 0.182 e. The van der Waals surface area contributed by atoms with Crippen LogP contribution in [0.5, 0.6) is 0 Å². The quantitative estimate of drug-likeness (QED) is 0.885. The van der Waals surface area contributed by atoms with Gasteiger partial charge in [-0.1, -0.05) is 35.9 Å². The maximum absolute atomic E-state index is 12.4. The molecule has 0 saturated heterocycles. The third-order valence-electron chi connectivity index (χ3n) is 2.88. The van der Waals surface area contributed by atoms with Gasteiger partial charge >= 0.3 is 0 Å². The predicted octanol–water partition coefficient (Wildman–Crippen LogP) is 3.20. The molecule has 0 unspecified atom stereocenters. The van der Waals surface area contributed by atoms with Crippen molar-refractivity contribution in [3.63, 3.8) is 0 Å². The van der Waals surface area contributed by atoms with Crippen LogP contribution in [0.2, 0.25) is 5.02 Å². The summed E-state index contributed by atoms with van der Waals surface area (Å²) in [6, 6.07) is 11.8. The van der Waals surface area contributed by atoms with E-state index in [2.05, 4.69) is 0 Å². The Labute approximate surface area is 117 Å². The van der Waals surface area contributed by atoms with Crippen LogP contribution in [0, 0.1) is 6.92 Å². The van der Waals surface area contributed by atoms with Crippen LogP contribution < -0.4 is 5.73 Å². The highest BCUT2D eigenvalue weighted by Gasteiger charge is 2.18. The fourth-order valence-electron chi connectivity index (χ4n) is 1.89. The molecule has 0 saturated carbocycles. The zero-order valence-electron chi connectivity index (χ0n) is 10.4. The summed E-state index contributed by atoms with van der Waals surface area (Å²) < 4.78 is 24.7. The van der Waals surface area contributed by atoms with Gasteiger partial charge in [-0.15, -0.1) is 0 Å². The minimum absolute atomic E-state index is 0.124. The van der Waals surface area contributed by atoms with Gasteiger partial charge in [0.05, 0.1) is 10.6 Å². The molecule has 2 rings (SSSR count). The van der Waals surface area contributed by atoms with Crippen molar-refractivity contribution in [2.45, 2.75) is 17.6 Å². The molecule has 2 aromatic carbocycles. The minimum atomic E-state index is -3.40. The highest BCUT2D eigenvalue weighted by molar-refractivity contribution is 7.90. The van der Waals surface area contributed by atoms with Gasteiger partial charge < -0.3 is 5.73 Å².